The van der Waals surface area contributed by atoms with Crippen molar-refractivity contribution < 1.29 is 19.1 Å². The minimum absolute atomic E-state index is 0.297. The van der Waals surface area contributed by atoms with Gasteiger partial charge in [0.05, 0.1) is 0 Å². The maximum atomic E-state index is 12.2. The van der Waals surface area contributed by atoms with Crippen molar-refractivity contribution in [1.82, 2.24) is 10.3 Å². The van der Waals surface area contributed by atoms with E-state index in [0.29, 0.717) is 11.1 Å². The van der Waals surface area contributed by atoms with E-state index in [1.165, 1.54) is 0 Å². The van der Waals surface area contributed by atoms with E-state index in [4.69, 9.17) is 4.74 Å². The van der Waals surface area contributed by atoms with Crippen LogP contribution < -0.4 is 5.32 Å². The quantitative estimate of drug-likeness (QED) is 0.534. The smallest absolute Gasteiger partial charge is 0.325 e. The number of nitrogens with one attached hydrogen (secondary N) is 2. The fraction of sp³-hybridized carbons (Fsp3) is 0.105. The second-order valence-electron chi connectivity index (χ2n) is 5.38. The number of aromatic amines is 1. The predicted octanol–water partition coefficient (Wildman–Crippen LogP) is 2.32. The molecule has 2 N–H and O–H groups in total. The summed E-state index contributed by atoms with van der Waals surface area (Å²) in [6.45, 7) is -0.670. The zero-order chi connectivity index (χ0) is 17.6. The van der Waals surface area contributed by atoms with E-state index in [1.54, 1.807) is 36.5 Å². The van der Waals surface area contributed by atoms with Crippen LogP contribution in [0.2, 0.25) is 0 Å². The number of amides is 1. The van der Waals surface area contributed by atoms with Gasteiger partial charge < -0.3 is 15.0 Å². The summed E-state index contributed by atoms with van der Waals surface area (Å²) >= 11 is 0. The van der Waals surface area contributed by atoms with Crippen molar-refractivity contribution >= 4 is 28.6 Å². The lowest BCUT2D eigenvalue weighted by atomic mass is 10.1. The fourth-order valence-electron chi connectivity index (χ4n) is 2.42. The molecule has 0 unspecified atom stereocenters. The summed E-state index contributed by atoms with van der Waals surface area (Å²) in [4.78, 5) is 38.7. The Labute approximate surface area is 143 Å². The largest absolute Gasteiger partial charge is 0.456 e. The number of aromatic nitrogens is 1. The van der Waals surface area contributed by atoms with Crippen molar-refractivity contribution in [3.63, 3.8) is 0 Å². The Balaban J connectivity index is 1.50. The minimum Gasteiger partial charge on any atom is -0.456 e. The molecule has 0 spiro atoms. The lowest BCUT2D eigenvalue weighted by Crippen LogP contribution is -2.31. The van der Waals surface area contributed by atoms with Crippen LogP contribution in [0.15, 0.2) is 60.8 Å². The number of carbonyl (C=O) groups excluding carboxylic acids is 3. The molecule has 6 nitrogen and oxygen atoms in total. The molecule has 1 heterocycles. The molecule has 3 aromatic rings. The summed E-state index contributed by atoms with van der Waals surface area (Å²) < 4.78 is 4.95. The summed E-state index contributed by atoms with van der Waals surface area (Å²) in [5.74, 6) is -1.35. The maximum Gasteiger partial charge on any atom is 0.325 e. The molecule has 0 atom stereocenters. The van der Waals surface area contributed by atoms with Gasteiger partial charge in [-0.1, -0.05) is 36.4 Å². The van der Waals surface area contributed by atoms with Gasteiger partial charge in [0.1, 0.15) is 6.54 Å². The summed E-state index contributed by atoms with van der Waals surface area (Å²) in [6.07, 6.45) is 1.60. The molecule has 0 fully saturated rings. The summed E-state index contributed by atoms with van der Waals surface area (Å²) in [5.41, 5.74) is 1.76. The number of Topliss-reactive ketones (excluding diaryl/α,β-unsaturated/α-hetero) is 1. The molecule has 0 radical (unpaired) electrons. The van der Waals surface area contributed by atoms with Crippen LogP contribution in [0.5, 0.6) is 0 Å². The van der Waals surface area contributed by atoms with Gasteiger partial charge in [0.2, 0.25) is 5.78 Å². The van der Waals surface area contributed by atoms with E-state index in [2.05, 4.69) is 10.3 Å². The Kier molecular flexibility index (Phi) is 4.89. The first-order chi connectivity index (χ1) is 12.1. The van der Waals surface area contributed by atoms with E-state index >= 15 is 0 Å². The number of para-hydroxylation sites is 1. The molecular weight excluding hydrogens is 320 g/mol. The number of benzene rings is 2. The molecule has 0 saturated heterocycles. The average Bonchev–Trinajstić information content (AvgIpc) is 3.09. The van der Waals surface area contributed by atoms with Crippen molar-refractivity contribution in [2.24, 2.45) is 0 Å². The molecule has 0 saturated carbocycles. The van der Waals surface area contributed by atoms with Gasteiger partial charge in [-0.25, -0.2) is 0 Å². The van der Waals surface area contributed by atoms with Crippen molar-refractivity contribution in [3.8, 4) is 0 Å². The van der Waals surface area contributed by atoms with Crippen LogP contribution in [-0.2, 0) is 9.53 Å². The Morgan fingerprint density at radius 2 is 1.68 bits per heavy atom. The molecule has 0 bridgehead atoms. The summed E-state index contributed by atoms with van der Waals surface area (Å²) in [6, 6.07) is 15.9. The first-order valence-electron chi connectivity index (χ1n) is 7.73. The topological polar surface area (TPSA) is 88.3 Å². The van der Waals surface area contributed by atoms with Crippen molar-refractivity contribution in [2.75, 3.05) is 13.2 Å². The second-order valence-corrected chi connectivity index (χ2v) is 5.38. The SMILES string of the molecule is O=C(CNC(=O)c1ccccc1)OCC(=O)c1c[nH]c2ccccc12. The van der Waals surface area contributed by atoms with Crippen LogP contribution in [0.3, 0.4) is 0 Å². The van der Waals surface area contributed by atoms with Gasteiger partial charge in [-0.15, -0.1) is 0 Å². The van der Waals surface area contributed by atoms with Crippen LogP contribution in [-0.4, -0.2) is 35.8 Å². The fourth-order valence-corrected chi connectivity index (χ4v) is 2.42. The molecular formula is C19H16N2O4. The Bertz CT molecular complexity index is 915. The van der Waals surface area contributed by atoms with Gasteiger partial charge in [-0.05, 0) is 18.2 Å². The molecule has 2 aromatic carbocycles. The lowest BCUT2D eigenvalue weighted by Gasteiger charge is -2.06. The van der Waals surface area contributed by atoms with Crippen LogP contribution >= 0.6 is 0 Å². The van der Waals surface area contributed by atoms with Crippen LogP contribution in [0.1, 0.15) is 20.7 Å². The zero-order valence-corrected chi connectivity index (χ0v) is 13.3. The third-order valence-corrected chi connectivity index (χ3v) is 3.68. The first-order valence-corrected chi connectivity index (χ1v) is 7.73. The molecule has 1 amide bonds. The zero-order valence-electron chi connectivity index (χ0n) is 13.3. The number of H-pyrrole nitrogens is 1. The molecule has 0 aliphatic rings. The highest BCUT2D eigenvalue weighted by Gasteiger charge is 2.15. The highest BCUT2D eigenvalue weighted by atomic mass is 16.5. The normalized spacial score (nSPS) is 10.4. The lowest BCUT2D eigenvalue weighted by molar-refractivity contribution is -0.141. The average molecular weight is 336 g/mol. The van der Waals surface area contributed by atoms with Gasteiger partial charge in [0.25, 0.3) is 5.91 Å². The van der Waals surface area contributed by atoms with Gasteiger partial charge in [-0.3, -0.25) is 14.4 Å². The molecule has 25 heavy (non-hydrogen) atoms. The molecule has 0 aliphatic heterocycles. The number of esters is 1. The van der Waals surface area contributed by atoms with Gasteiger partial charge in [0.15, 0.2) is 6.61 Å². The second kappa shape index (κ2) is 7.44. The predicted molar refractivity (Wildman–Crippen MR) is 92.4 cm³/mol. The minimum atomic E-state index is -0.669. The van der Waals surface area contributed by atoms with Crippen molar-refractivity contribution in [3.05, 3.63) is 71.9 Å². The van der Waals surface area contributed by atoms with Crippen LogP contribution in [0, 0.1) is 0 Å². The van der Waals surface area contributed by atoms with Gasteiger partial charge >= 0.3 is 5.97 Å². The highest BCUT2D eigenvalue weighted by Crippen LogP contribution is 2.18. The molecule has 0 aliphatic carbocycles. The van der Waals surface area contributed by atoms with E-state index < -0.39 is 5.97 Å². The number of ketones is 1. The standard InChI is InChI=1S/C19H16N2O4/c22-17(15-10-20-16-9-5-4-8-14(15)16)12-25-18(23)11-21-19(24)13-6-2-1-3-7-13/h1-10,20H,11-12H2,(H,21,24). The molecule has 1 aromatic heterocycles. The van der Waals surface area contributed by atoms with E-state index in [0.717, 1.165) is 10.9 Å². The number of fused-ring (bicyclic) bond motifs is 1. The summed E-state index contributed by atoms with van der Waals surface area (Å²) in [7, 11) is 0. The number of rotatable bonds is 6. The van der Waals surface area contributed by atoms with E-state index in [1.807, 2.05) is 24.3 Å². The number of hydrogen-bond acceptors (Lipinski definition) is 4. The summed E-state index contributed by atoms with van der Waals surface area (Å²) in [5, 5.41) is 3.23. The third-order valence-electron chi connectivity index (χ3n) is 3.68. The Hall–Kier alpha value is -3.41. The van der Waals surface area contributed by atoms with E-state index in [9.17, 15) is 14.4 Å². The van der Waals surface area contributed by atoms with Crippen LogP contribution in [0.4, 0.5) is 0 Å². The highest BCUT2D eigenvalue weighted by molar-refractivity contribution is 6.08. The molecule has 3 rings (SSSR count). The molecule has 6 heteroatoms. The van der Waals surface area contributed by atoms with Crippen LogP contribution in [0.25, 0.3) is 10.9 Å². The van der Waals surface area contributed by atoms with Crippen molar-refractivity contribution in [1.29, 1.82) is 0 Å². The number of ether oxygens (including phenoxy) is 1. The van der Waals surface area contributed by atoms with Gasteiger partial charge in [-0.2, -0.15) is 0 Å². The molecule has 126 valence electrons. The first kappa shape index (κ1) is 16.4. The Morgan fingerprint density at radius 3 is 2.48 bits per heavy atom. The Morgan fingerprint density at radius 1 is 0.960 bits per heavy atom. The maximum absolute atomic E-state index is 12.2. The van der Waals surface area contributed by atoms with E-state index in [-0.39, 0.29) is 24.8 Å². The van der Waals surface area contributed by atoms with Crippen molar-refractivity contribution in [2.45, 2.75) is 0 Å². The number of hydrogen-bond donors (Lipinski definition) is 2. The monoisotopic (exact) mass is 336 g/mol. The van der Waals surface area contributed by atoms with Gasteiger partial charge in [0, 0.05) is 28.2 Å². The third kappa shape index (κ3) is 3.92. The number of carbonyl (C=O) groups is 3.